The lowest BCUT2D eigenvalue weighted by molar-refractivity contribution is 0.0432. The largest absolute Gasteiger partial charge is 0.462 e. The van der Waals surface area contributed by atoms with Gasteiger partial charge in [0.05, 0.1) is 12.5 Å². The molecule has 0 spiro atoms. The number of thiazole rings is 1. The van der Waals surface area contributed by atoms with Crippen LogP contribution >= 0.6 is 11.3 Å². The zero-order valence-corrected chi connectivity index (χ0v) is 14.7. The quantitative estimate of drug-likeness (QED) is 0.475. The highest BCUT2D eigenvalue weighted by Gasteiger charge is 2.19. The van der Waals surface area contributed by atoms with Gasteiger partial charge in [-0.3, -0.25) is 0 Å². The Bertz CT molecular complexity index is 1020. The molecule has 0 aliphatic carbocycles. The van der Waals surface area contributed by atoms with E-state index in [0.717, 1.165) is 10.4 Å². The molecule has 26 heavy (non-hydrogen) atoms. The average Bonchev–Trinajstić information content (AvgIpc) is 3.41. The first-order valence-electron chi connectivity index (χ1n) is 7.89. The molecule has 3 aromatic heterocycles. The van der Waals surface area contributed by atoms with Crippen LogP contribution in [0, 0.1) is 6.92 Å². The van der Waals surface area contributed by atoms with Gasteiger partial charge in [-0.25, -0.2) is 14.8 Å². The van der Waals surface area contributed by atoms with Crippen LogP contribution < -0.4 is 0 Å². The predicted molar refractivity (Wildman–Crippen MR) is 95.6 cm³/mol. The molecule has 130 valence electrons. The van der Waals surface area contributed by atoms with Crippen LogP contribution in [-0.2, 0) is 11.3 Å². The minimum Gasteiger partial charge on any atom is -0.462 e. The average molecular weight is 366 g/mol. The van der Waals surface area contributed by atoms with Gasteiger partial charge in [-0.05, 0) is 19.1 Å². The molecule has 3 heterocycles. The van der Waals surface area contributed by atoms with Crippen LogP contribution in [0.25, 0.3) is 22.1 Å². The van der Waals surface area contributed by atoms with Crippen molar-refractivity contribution in [1.29, 1.82) is 0 Å². The number of carbonyl (C=O) groups is 1. The second kappa shape index (κ2) is 6.97. The summed E-state index contributed by atoms with van der Waals surface area (Å²) >= 11 is 1.38. The second-order valence-corrected chi connectivity index (χ2v) is 6.66. The smallest absolute Gasteiger partial charge is 0.358 e. The fourth-order valence-electron chi connectivity index (χ4n) is 2.40. The molecule has 0 aliphatic rings. The molecule has 0 radical (unpaired) electrons. The summed E-state index contributed by atoms with van der Waals surface area (Å²) in [5, 5.41) is 0.641. The fourth-order valence-corrected chi connectivity index (χ4v) is 3.27. The molecule has 0 unspecified atom stereocenters. The van der Waals surface area contributed by atoms with E-state index < -0.39 is 5.97 Å². The van der Waals surface area contributed by atoms with Crippen LogP contribution in [-0.4, -0.2) is 15.9 Å². The number of carbonyl (C=O) groups excluding carboxylic acids is 1. The van der Waals surface area contributed by atoms with E-state index in [2.05, 4.69) is 9.97 Å². The molecule has 0 fully saturated rings. The topological polar surface area (TPSA) is 78.4 Å². The molecular weight excluding hydrogens is 352 g/mol. The summed E-state index contributed by atoms with van der Waals surface area (Å²) in [6, 6.07) is 13.2. The minimum atomic E-state index is -0.518. The minimum absolute atomic E-state index is 0.0568. The van der Waals surface area contributed by atoms with Gasteiger partial charge in [0.1, 0.15) is 0 Å². The summed E-state index contributed by atoms with van der Waals surface area (Å²) in [6.45, 7) is 1.76. The van der Waals surface area contributed by atoms with Gasteiger partial charge in [0.2, 0.25) is 5.89 Å². The highest BCUT2D eigenvalue weighted by Crippen LogP contribution is 2.28. The van der Waals surface area contributed by atoms with Crippen LogP contribution in [0.15, 0.2) is 63.8 Å². The molecule has 0 atom stereocenters. The highest BCUT2D eigenvalue weighted by atomic mass is 32.1. The third kappa shape index (κ3) is 3.29. The van der Waals surface area contributed by atoms with E-state index in [1.54, 1.807) is 24.6 Å². The SMILES string of the molecule is Cc1sc(-c2ccco2)nc1C(=O)OCc1ncc(-c2ccccc2)o1. The lowest BCUT2D eigenvalue weighted by atomic mass is 10.2. The lowest BCUT2D eigenvalue weighted by Crippen LogP contribution is -2.07. The van der Waals surface area contributed by atoms with Gasteiger partial charge in [-0.15, -0.1) is 11.3 Å². The molecule has 0 saturated heterocycles. The van der Waals surface area contributed by atoms with Crippen molar-refractivity contribution in [2.75, 3.05) is 0 Å². The van der Waals surface area contributed by atoms with E-state index in [1.807, 2.05) is 37.3 Å². The highest BCUT2D eigenvalue weighted by molar-refractivity contribution is 7.15. The van der Waals surface area contributed by atoms with Crippen molar-refractivity contribution in [3.63, 3.8) is 0 Å². The Hall–Kier alpha value is -3.19. The van der Waals surface area contributed by atoms with Gasteiger partial charge in [-0.1, -0.05) is 30.3 Å². The molecule has 1 aromatic carbocycles. The summed E-state index contributed by atoms with van der Waals surface area (Å²) < 4.78 is 16.2. The van der Waals surface area contributed by atoms with Crippen molar-refractivity contribution in [2.45, 2.75) is 13.5 Å². The molecule has 4 rings (SSSR count). The Kier molecular flexibility index (Phi) is 4.37. The van der Waals surface area contributed by atoms with E-state index in [1.165, 1.54) is 11.3 Å². The number of rotatable bonds is 5. The van der Waals surface area contributed by atoms with Crippen LogP contribution in [0.4, 0.5) is 0 Å². The number of furan rings is 1. The molecule has 0 aliphatic heterocycles. The Labute approximate surface area is 153 Å². The number of benzene rings is 1. The van der Waals surface area contributed by atoms with Crippen molar-refractivity contribution in [3.8, 4) is 22.1 Å². The first-order valence-corrected chi connectivity index (χ1v) is 8.71. The van der Waals surface area contributed by atoms with E-state index >= 15 is 0 Å². The molecule has 7 heteroatoms. The molecule has 4 aromatic rings. The van der Waals surface area contributed by atoms with Crippen molar-refractivity contribution in [1.82, 2.24) is 9.97 Å². The van der Waals surface area contributed by atoms with Crippen molar-refractivity contribution < 1.29 is 18.4 Å². The van der Waals surface area contributed by atoms with Gasteiger partial charge in [0, 0.05) is 10.4 Å². The summed E-state index contributed by atoms with van der Waals surface area (Å²) in [5.74, 6) is 1.06. The maximum Gasteiger partial charge on any atom is 0.358 e. The summed E-state index contributed by atoms with van der Waals surface area (Å²) in [7, 11) is 0. The lowest BCUT2D eigenvalue weighted by Gasteiger charge is -2.00. The van der Waals surface area contributed by atoms with E-state index in [9.17, 15) is 4.79 Å². The molecule has 6 nitrogen and oxygen atoms in total. The van der Waals surface area contributed by atoms with Gasteiger partial charge in [0.25, 0.3) is 0 Å². The zero-order valence-electron chi connectivity index (χ0n) is 13.8. The standard InChI is InChI=1S/C19H14N2O4S/c1-12-17(21-18(26-12)14-8-5-9-23-14)19(22)24-11-16-20-10-15(25-16)13-6-3-2-4-7-13/h2-10H,11H2,1H3. The van der Waals surface area contributed by atoms with E-state index in [-0.39, 0.29) is 12.3 Å². The van der Waals surface area contributed by atoms with Gasteiger partial charge in [-0.2, -0.15) is 0 Å². The molecule has 0 amide bonds. The maximum absolute atomic E-state index is 12.3. The molecule has 0 N–H and O–H groups in total. The number of aromatic nitrogens is 2. The van der Waals surface area contributed by atoms with Crippen LogP contribution in [0.1, 0.15) is 21.3 Å². The fraction of sp³-hybridized carbons (Fsp3) is 0.105. The van der Waals surface area contributed by atoms with Crippen molar-refractivity contribution in [2.24, 2.45) is 0 Å². The summed E-state index contributed by atoms with van der Waals surface area (Å²) in [6.07, 6.45) is 3.18. The van der Waals surface area contributed by atoms with Crippen molar-refractivity contribution in [3.05, 3.63) is 71.4 Å². The van der Waals surface area contributed by atoms with Gasteiger partial charge in [0.15, 0.2) is 28.8 Å². The first-order chi connectivity index (χ1) is 12.7. The summed E-state index contributed by atoms with van der Waals surface area (Å²) in [4.78, 5) is 21.5. The Morgan fingerprint density at radius 3 is 2.77 bits per heavy atom. The number of nitrogens with zero attached hydrogens (tertiary/aromatic N) is 2. The van der Waals surface area contributed by atoms with Gasteiger partial charge < -0.3 is 13.6 Å². The second-order valence-electron chi connectivity index (χ2n) is 5.46. The van der Waals surface area contributed by atoms with Gasteiger partial charge >= 0.3 is 5.97 Å². The summed E-state index contributed by atoms with van der Waals surface area (Å²) in [5.41, 5.74) is 1.19. The first kappa shape index (κ1) is 16.3. The zero-order chi connectivity index (χ0) is 17.9. The number of aryl methyl sites for hydroxylation is 1. The van der Waals surface area contributed by atoms with E-state index in [0.29, 0.717) is 22.4 Å². The number of oxazole rings is 1. The monoisotopic (exact) mass is 366 g/mol. The van der Waals surface area contributed by atoms with Crippen LogP contribution in [0.2, 0.25) is 0 Å². The third-order valence-electron chi connectivity index (χ3n) is 3.66. The molecule has 0 bridgehead atoms. The molecular formula is C19H14N2O4S. The van der Waals surface area contributed by atoms with Crippen molar-refractivity contribution >= 4 is 17.3 Å². The normalized spacial score (nSPS) is 10.8. The number of hydrogen-bond acceptors (Lipinski definition) is 7. The Morgan fingerprint density at radius 1 is 1.15 bits per heavy atom. The Balaban J connectivity index is 1.44. The number of hydrogen-bond donors (Lipinski definition) is 0. The van der Waals surface area contributed by atoms with Crippen LogP contribution in [0.5, 0.6) is 0 Å². The molecule has 0 saturated carbocycles. The Morgan fingerprint density at radius 2 is 2.00 bits per heavy atom. The predicted octanol–water partition coefficient (Wildman–Crippen LogP) is 4.72. The van der Waals surface area contributed by atoms with E-state index in [4.69, 9.17) is 13.6 Å². The van der Waals surface area contributed by atoms with Crippen LogP contribution in [0.3, 0.4) is 0 Å². The number of ether oxygens (including phenoxy) is 1. The number of esters is 1. The third-order valence-corrected chi connectivity index (χ3v) is 4.65. The maximum atomic E-state index is 12.3.